The van der Waals surface area contributed by atoms with Crippen molar-refractivity contribution in [1.29, 1.82) is 0 Å². The van der Waals surface area contributed by atoms with E-state index in [1.807, 2.05) is 12.1 Å². The fraction of sp³-hybridized carbons (Fsp3) is 0.200. The maximum Gasteiger partial charge on any atom is 0.274 e. The van der Waals surface area contributed by atoms with Gasteiger partial charge in [0.2, 0.25) is 0 Å². The molecule has 33 heavy (non-hydrogen) atoms. The lowest BCUT2D eigenvalue weighted by molar-refractivity contribution is -0.385. The average Bonchev–Trinajstić information content (AvgIpc) is 3.33. The van der Waals surface area contributed by atoms with Crippen LogP contribution in [-0.4, -0.2) is 20.4 Å². The van der Waals surface area contributed by atoms with E-state index in [0.717, 1.165) is 17.7 Å². The summed E-state index contributed by atoms with van der Waals surface area (Å²) in [6.07, 6.45) is 4.92. The SMILES string of the molecule is CN(c1ccccc1)S(=O)(=O)c1ccc2c(c1)C1C=CCC1C(c1ccccc1[N+](=O)[O-])N2. The Morgan fingerprint density at radius 1 is 1.00 bits per heavy atom. The van der Waals surface area contributed by atoms with Crippen molar-refractivity contribution >= 4 is 27.1 Å². The number of anilines is 2. The van der Waals surface area contributed by atoms with Crippen molar-refractivity contribution in [2.24, 2.45) is 5.92 Å². The van der Waals surface area contributed by atoms with Crippen molar-refractivity contribution in [3.8, 4) is 0 Å². The summed E-state index contributed by atoms with van der Waals surface area (Å²) in [5.41, 5.74) is 3.02. The quantitative estimate of drug-likeness (QED) is 0.318. The van der Waals surface area contributed by atoms with Crippen LogP contribution >= 0.6 is 0 Å². The zero-order chi connectivity index (χ0) is 23.2. The van der Waals surface area contributed by atoms with Crippen molar-refractivity contribution in [1.82, 2.24) is 0 Å². The van der Waals surface area contributed by atoms with Crippen molar-refractivity contribution < 1.29 is 13.3 Å². The van der Waals surface area contributed by atoms with E-state index in [0.29, 0.717) is 11.3 Å². The zero-order valence-electron chi connectivity index (χ0n) is 18.0. The molecule has 0 bridgehead atoms. The molecule has 3 aromatic rings. The summed E-state index contributed by atoms with van der Waals surface area (Å²) in [6.45, 7) is 0. The number of allylic oxidation sites excluding steroid dienone is 2. The van der Waals surface area contributed by atoms with Gasteiger partial charge in [0.25, 0.3) is 15.7 Å². The van der Waals surface area contributed by atoms with Crippen LogP contribution in [0.2, 0.25) is 0 Å². The van der Waals surface area contributed by atoms with Crippen molar-refractivity contribution in [2.45, 2.75) is 23.3 Å². The highest BCUT2D eigenvalue weighted by molar-refractivity contribution is 7.92. The molecule has 0 fully saturated rings. The van der Waals surface area contributed by atoms with Crippen molar-refractivity contribution in [2.75, 3.05) is 16.7 Å². The molecule has 1 N–H and O–H groups in total. The normalized spacial score (nSPS) is 21.1. The second kappa shape index (κ2) is 8.04. The number of hydrogen-bond donors (Lipinski definition) is 1. The summed E-state index contributed by atoms with van der Waals surface area (Å²) in [5, 5.41) is 15.1. The fourth-order valence-electron chi connectivity index (χ4n) is 4.89. The first-order valence-electron chi connectivity index (χ1n) is 10.7. The van der Waals surface area contributed by atoms with Gasteiger partial charge in [0.05, 0.1) is 27.1 Å². The Morgan fingerprint density at radius 3 is 2.48 bits per heavy atom. The molecule has 1 heterocycles. The first kappa shape index (κ1) is 21.2. The highest BCUT2D eigenvalue weighted by atomic mass is 32.2. The summed E-state index contributed by atoms with van der Waals surface area (Å²) < 4.78 is 27.9. The van der Waals surface area contributed by atoms with Crippen LogP contribution in [0.3, 0.4) is 0 Å². The number of nitro groups is 1. The average molecular weight is 462 g/mol. The summed E-state index contributed by atoms with van der Waals surface area (Å²) in [6, 6.07) is 20.6. The third-order valence-electron chi connectivity index (χ3n) is 6.58. The smallest absolute Gasteiger partial charge is 0.274 e. The topological polar surface area (TPSA) is 92.5 Å². The Labute approximate surface area is 192 Å². The van der Waals surface area contributed by atoms with Crippen molar-refractivity contribution in [3.05, 3.63) is 106 Å². The van der Waals surface area contributed by atoms with Crippen LogP contribution in [0.4, 0.5) is 17.1 Å². The van der Waals surface area contributed by atoms with Gasteiger partial charge in [0.15, 0.2) is 0 Å². The van der Waals surface area contributed by atoms with E-state index in [4.69, 9.17) is 0 Å². The maximum atomic E-state index is 13.3. The predicted molar refractivity (Wildman–Crippen MR) is 128 cm³/mol. The Morgan fingerprint density at radius 2 is 1.73 bits per heavy atom. The summed E-state index contributed by atoms with van der Waals surface area (Å²) >= 11 is 0. The number of nitro benzene ring substituents is 1. The molecule has 3 atom stereocenters. The van der Waals surface area contributed by atoms with Gasteiger partial charge in [0.1, 0.15) is 0 Å². The lowest BCUT2D eigenvalue weighted by Crippen LogP contribution is -2.30. The van der Waals surface area contributed by atoms with Gasteiger partial charge >= 0.3 is 0 Å². The second-order valence-electron chi connectivity index (χ2n) is 8.35. The van der Waals surface area contributed by atoms with Gasteiger partial charge in [-0.25, -0.2) is 8.42 Å². The van der Waals surface area contributed by atoms with E-state index < -0.39 is 10.0 Å². The molecule has 8 heteroatoms. The Balaban J connectivity index is 1.55. The van der Waals surface area contributed by atoms with Crippen LogP contribution in [0.1, 0.15) is 29.5 Å². The number of nitrogens with one attached hydrogen (secondary N) is 1. The van der Waals surface area contributed by atoms with Crippen LogP contribution in [0.25, 0.3) is 0 Å². The first-order valence-corrected chi connectivity index (χ1v) is 12.2. The van der Waals surface area contributed by atoms with Crippen molar-refractivity contribution in [3.63, 3.8) is 0 Å². The number of hydrogen-bond acceptors (Lipinski definition) is 5. The van der Waals surface area contributed by atoms with Gasteiger partial charge in [-0.15, -0.1) is 0 Å². The third kappa shape index (κ3) is 3.56. The lowest BCUT2D eigenvalue weighted by Gasteiger charge is -2.37. The Hall–Kier alpha value is -3.65. The molecule has 5 rings (SSSR count). The second-order valence-corrected chi connectivity index (χ2v) is 10.3. The van der Waals surface area contributed by atoms with Crippen LogP contribution in [0.15, 0.2) is 89.8 Å². The van der Waals surface area contributed by atoms with Gasteiger partial charge in [-0.05, 0) is 48.2 Å². The van der Waals surface area contributed by atoms with E-state index in [2.05, 4.69) is 17.5 Å². The monoisotopic (exact) mass is 461 g/mol. The number of rotatable bonds is 5. The summed E-state index contributed by atoms with van der Waals surface area (Å²) in [5.74, 6) is 0.0339. The summed E-state index contributed by atoms with van der Waals surface area (Å²) in [4.78, 5) is 11.5. The molecule has 168 valence electrons. The minimum absolute atomic E-state index is 0.0248. The minimum Gasteiger partial charge on any atom is -0.377 e. The van der Waals surface area contributed by atoms with Gasteiger partial charge in [-0.1, -0.05) is 48.6 Å². The van der Waals surface area contributed by atoms with E-state index >= 15 is 0 Å². The molecule has 0 saturated carbocycles. The number of benzene rings is 3. The predicted octanol–water partition coefficient (Wildman–Crippen LogP) is 5.25. The van der Waals surface area contributed by atoms with E-state index in [-0.39, 0.29) is 33.4 Å². The third-order valence-corrected chi connectivity index (χ3v) is 8.36. The van der Waals surface area contributed by atoms with Crippen LogP contribution in [-0.2, 0) is 10.0 Å². The zero-order valence-corrected chi connectivity index (χ0v) is 18.8. The van der Waals surface area contributed by atoms with Crippen LogP contribution < -0.4 is 9.62 Å². The molecular formula is C25H23N3O4S. The molecule has 3 aromatic carbocycles. The van der Waals surface area contributed by atoms with E-state index in [9.17, 15) is 18.5 Å². The molecule has 0 spiro atoms. The number of sulfonamides is 1. The first-order chi connectivity index (χ1) is 15.9. The minimum atomic E-state index is -3.75. The molecule has 2 aliphatic rings. The number of para-hydroxylation sites is 2. The molecule has 0 aromatic heterocycles. The van der Waals surface area contributed by atoms with Gasteiger partial charge in [0, 0.05) is 24.7 Å². The standard InChI is InChI=1S/C25H23N3O4S/c1-27(17-8-3-2-4-9-17)33(31,32)18-14-15-23-22(16-18)19-11-7-12-20(19)25(26-23)21-10-5-6-13-24(21)28(29)30/h2-11,13-16,19-20,25-26H,12H2,1H3. The van der Waals surface area contributed by atoms with E-state index in [1.165, 1.54) is 10.4 Å². The highest BCUT2D eigenvalue weighted by Gasteiger charge is 2.40. The largest absolute Gasteiger partial charge is 0.377 e. The molecular weight excluding hydrogens is 438 g/mol. The maximum absolute atomic E-state index is 13.3. The lowest BCUT2D eigenvalue weighted by atomic mass is 9.76. The molecule has 7 nitrogen and oxygen atoms in total. The van der Waals surface area contributed by atoms with Crippen LogP contribution in [0, 0.1) is 16.0 Å². The molecule has 1 aliphatic carbocycles. The van der Waals surface area contributed by atoms with Crippen LogP contribution in [0.5, 0.6) is 0 Å². The Kier molecular flexibility index (Phi) is 5.17. The number of nitrogens with zero attached hydrogens (tertiary/aromatic N) is 2. The highest BCUT2D eigenvalue weighted by Crippen LogP contribution is 2.51. The van der Waals surface area contributed by atoms with Gasteiger partial charge < -0.3 is 5.32 Å². The summed E-state index contributed by atoms with van der Waals surface area (Å²) in [7, 11) is -2.20. The molecule has 0 radical (unpaired) electrons. The molecule has 0 amide bonds. The van der Waals surface area contributed by atoms with E-state index in [1.54, 1.807) is 61.6 Å². The van der Waals surface area contributed by atoms with Gasteiger partial charge in [-0.3, -0.25) is 14.4 Å². The molecule has 3 unspecified atom stereocenters. The molecule has 1 aliphatic heterocycles. The Bertz CT molecular complexity index is 1360. The fourth-order valence-corrected chi connectivity index (χ4v) is 6.12. The number of fused-ring (bicyclic) bond motifs is 3. The van der Waals surface area contributed by atoms with Gasteiger partial charge in [-0.2, -0.15) is 0 Å². The molecule has 0 saturated heterocycles.